The van der Waals surface area contributed by atoms with Crippen LogP contribution in [0.2, 0.25) is 0 Å². The lowest BCUT2D eigenvalue weighted by molar-refractivity contribution is -0.530. The Bertz CT molecular complexity index is 487. The lowest BCUT2D eigenvalue weighted by Crippen LogP contribution is -2.40. The smallest absolute Gasteiger partial charge is 0.385 e. The Morgan fingerprint density at radius 1 is 1.44 bits per heavy atom. The van der Waals surface area contributed by atoms with Crippen molar-refractivity contribution in [2.75, 3.05) is 6.61 Å². The van der Waals surface area contributed by atoms with Crippen LogP contribution in [0.5, 0.6) is 0 Å². The fraction of sp³-hybridized carbons (Fsp3) is 0.462. The Kier molecular flexibility index (Phi) is 2.84. The number of nitro groups is 1. The summed E-state index contributed by atoms with van der Waals surface area (Å²) in [4.78, 5) is 22.7. The van der Waals surface area contributed by atoms with E-state index in [4.69, 9.17) is 4.74 Å². The predicted octanol–water partition coefficient (Wildman–Crippen LogP) is 1.93. The highest BCUT2D eigenvalue weighted by Crippen LogP contribution is 2.59. The lowest BCUT2D eigenvalue weighted by Gasteiger charge is -2.14. The number of hydrogen-bond acceptors (Lipinski definition) is 4. The van der Waals surface area contributed by atoms with Crippen molar-refractivity contribution in [2.45, 2.75) is 31.2 Å². The molecule has 5 heteroatoms. The van der Waals surface area contributed by atoms with Gasteiger partial charge in [0.2, 0.25) is 0 Å². The third-order valence-corrected chi connectivity index (χ3v) is 3.73. The Morgan fingerprint density at radius 3 is 2.56 bits per heavy atom. The van der Waals surface area contributed by atoms with E-state index in [1.165, 1.54) is 0 Å². The minimum atomic E-state index is -1.62. The van der Waals surface area contributed by atoms with Crippen LogP contribution in [0, 0.1) is 10.1 Å². The Labute approximate surface area is 105 Å². The largest absolute Gasteiger partial charge is 0.461 e. The number of carbonyl (C=O) groups is 1. The molecule has 5 nitrogen and oxygen atoms in total. The van der Waals surface area contributed by atoms with Crippen LogP contribution >= 0.6 is 0 Å². The van der Waals surface area contributed by atoms with Crippen molar-refractivity contribution in [2.24, 2.45) is 0 Å². The van der Waals surface area contributed by atoms with E-state index >= 15 is 0 Å². The molecule has 1 aliphatic rings. The Hall–Kier alpha value is -1.91. The molecule has 2 atom stereocenters. The molecule has 1 saturated carbocycles. The molecule has 96 valence electrons. The van der Waals surface area contributed by atoms with Gasteiger partial charge in [-0.1, -0.05) is 30.3 Å². The summed E-state index contributed by atoms with van der Waals surface area (Å²) in [6.07, 6.45) is 0.190. The first-order chi connectivity index (χ1) is 8.49. The average molecular weight is 249 g/mol. The number of benzene rings is 1. The summed E-state index contributed by atoms with van der Waals surface area (Å²) in [5.41, 5.74) is -1.59. The lowest BCUT2D eigenvalue weighted by atomic mass is 9.93. The van der Waals surface area contributed by atoms with Gasteiger partial charge >= 0.3 is 11.5 Å². The summed E-state index contributed by atoms with van der Waals surface area (Å²) in [7, 11) is 0. The molecular formula is C13H15NO4. The molecule has 0 spiro atoms. The Morgan fingerprint density at radius 2 is 2.06 bits per heavy atom. The molecule has 0 N–H and O–H groups in total. The summed E-state index contributed by atoms with van der Waals surface area (Å²) in [5.74, 6) is -0.735. The molecule has 1 aromatic carbocycles. The van der Waals surface area contributed by atoms with Gasteiger partial charge in [0.05, 0.1) is 12.0 Å². The topological polar surface area (TPSA) is 69.4 Å². The third kappa shape index (κ3) is 1.50. The number of esters is 1. The summed E-state index contributed by atoms with van der Waals surface area (Å²) >= 11 is 0. The first-order valence-corrected chi connectivity index (χ1v) is 5.86. The van der Waals surface area contributed by atoms with Crippen LogP contribution < -0.4 is 0 Å². The first kappa shape index (κ1) is 12.5. The highest BCUT2D eigenvalue weighted by atomic mass is 16.6. The maximum absolute atomic E-state index is 11.9. The second kappa shape index (κ2) is 4.08. The standard InChI is InChI=1S/C13H15NO4/c1-3-18-11(15)13(14(16)17)9-12(13,2)10-7-5-4-6-8-10/h4-8H,3,9H2,1-2H3/t12-,13-/m0/s1. The quantitative estimate of drug-likeness (QED) is 0.464. The molecule has 2 rings (SSSR count). The maximum atomic E-state index is 11.9. The number of carbonyl (C=O) groups excluding carboxylic acids is 1. The van der Waals surface area contributed by atoms with Crippen molar-refractivity contribution >= 4 is 5.97 Å². The van der Waals surface area contributed by atoms with Crippen molar-refractivity contribution in [3.8, 4) is 0 Å². The zero-order chi connectivity index (χ0) is 13.4. The van der Waals surface area contributed by atoms with Crippen LogP contribution in [0.25, 0.3) is 0 Å². The average Bonchev–Trinajstić information content (AvgIpc) is 3.01. The van der Waals surface area contributed by atoms with E-state index < -0.39 is 21.8 Å². The highest BCUT2D eigenvalue weighted by molar-refractivity contribution is 5.87. The maximum Gasteiger partial charge on any atom is 0.385 e. The monoisotopic (exact) mass is 249 g/mol. The van der Waals surface area contributed by atoms with Gasteiger partial charge < -0.3 is 4.74 Å². The van der Waals surface area contributed by atoms with Crippen LogP contribution in [0.15, 0.2) is 30.3 Å². The van der Waals surface area contributed by atoms with Gasteiger partial charge in [0.15, 0.2) is 0 Å². The highest BCUT2D eigenvalue weighted by Gasteiger charge is 2.82. The van der Waals surface area contributed by atoms with Crippen LogP contribution in [0.4, 0.5) is 0 Å². The zero-order valence-electron chi connectivity index (χ0n) is 10.4. The number of rotatable bonds is 4. The predicted molar refractivity (Wildman–Crippen MR) is 64.8 cm³/mol. The molecule has 1 fully saturated rings. The molecule has 1 aliphatic carbocycles. The van der Waals surface area contributed by atoms with Crippen LogP contribution in [-0.4, -0.2) is 23.0 Å². The normalized spacial score (nSPS) is 29.7. The second-order valence-electron chi connectivity index (χ2n) is 4.71. The molecule has 1 aromatic rings. The molecule has 0 aromatic heterocycles. The summed E-state index contributed by atoms with van der Waals surface area (Å²) < 4.78 is 4.87. The molecule has 0 radical (unpaired) electrons. The van der Waals surface area contributed by atoms with Crippen LogP contribution in [0.1, 0.15) is 25.8 Å². The molecule has 18 heavy (non-hydrogen) atoms. The minimum absolute atomic E-state index is 0.152. The van der Waals surface area contributed by atoms with Crippen molar-refractivity contribution in [3.63, 3.8) is 0 Å². The van der Waals surface area contributed by atoms with E-state index in [-0.39, 0.29) is 13.0 Å². The number of ether oxygens (including phenoxy) is 1. The van der Waals surface area contributed by atoms with Gasteiger partial charge in [-0.05, 0) is 19.4 Å². The van der Waals surface area contributed by atoms with E-state index in [1.54, 1.807) is 13.8 Å². The van der Waals surface area contributed by atoms with Crippen molar-refractivity contribution in [1.82, 2.24) is 0 Å². The van der Waals surface area contributed by atoms with E-state index in [2.05, 4.69) is 0 Å². The Balaban J connectivity index is 2.38. The molecule has 0 unspecified atom stereocenters. The number of hydrogen-bond donors (Lipinski definition) is 0. The molecule has 0 amide bonds. The first-order valence-electron chi connectivity index (χ1n) is 5.86. The fourth-order valence-corrected chi connectivity index (χ4v) is 2.50. The van der Waals surface area contributed by atoms with Gasteiger partial charge in [-0.3, -0.25) is 10.1 Å². The van der Waals surface area contributed by atoms with Crippen molar-refractivity contribution in [3.05, 3.63) is 46.0 Å². The molecule has 0 aliphatic heterocycles. The molecule has 0 saturated heterocycles. The van der Waals surface area contributed by atoms with Crippen LogP contribution in [-0.2, 0) is 14.9 Å². The van der Waals surface area contributed by atoms with Gasteiger partial charge in [0, 0.05) is 11.3 Å². The van der Waals surface area contributed by atoms with Gasteiger partial charge in [0.25, 0.3) is 0 Å². The van der Waals surface area contributed by atoms with Gasteiger partial charge in [-0.2, -0.15) is 0 Å². The van der Waals surface area contributed by atoms with Crippen molar-refractivity contribution in [1.29, 1.82) is 0 Å². The summed E-state index contributed by atoms with van der Waals surface area (Å²) in [5, 5.41) is 11.3. The third-order valence-electron chi connectivity index (χ3n) is 3.73. The second-order valence-corrected chi connectivity index (χ2v) is 4.71. The van der Waals surface area contributed by atoms with E-state index in [0.717, 1.165) is 5.56 Å². The summed E-state index contributed by atoms with van der Waals surface area (Å²) in [6.45, 7) is 3.54. The van der Waals surface area contributed by atoms with Gasteiger partial charge in [0.1, 0.15) is 0 Å². The fourth-order valence-electron chi connectivity index (χ4n) is 2.50. The van der Waals surface area contributed by atoms with Gasteiger partial charge in [-0.25, -0.2) is 4.79 Å². The zero-order valence-corrected chi connectivity index (χ0v) is 10.4. The van der Waals surface area contributed by atoms with E-state index in [0.29, 0.717) is 0 Å². The summed E-state index contributed by atoms with van der Waals surface area (Å²) in [6, 6.07) is 9.09. The van der Waals surface area contributed by atoms with E-state index in [1.807, 2.05) is 30.3 Å². The van der Waals surface area contributed by atoms with Crippen LogP contribution in [0.3, 0.4) is 0 Å². The van der Waals surface area contributed by atoms with Crippen molar-refractivity contribution < 1.29 is 14.5 Å². The molecule has 0 bridgehead atoms. The SMILES string of the molecule is CCOC(=O)[C@@]1([N+](=O)[O-])C[C@@]1(C)c1ccccc1. The van der Waals surface area contributed by atoms with E-state index in [9.17, 15) is 14.9 Å². The minimum Gasteiger partial charge on any atom is -0.461 e. The molecular weight excluding hydrogens is 234 g/mol. The van der Waals surface area contributed by atoms with Gasteiger partial charge in [-0.15, -0.1) is 0 Å². The number of nitrogens with zero attached hydrogens (tertiary/aromatic N) is 1. The molecule has 0 heterocycles.